The molecule has 1 aromatic rings. The molecule has 3 aliphatic rings. The van der Waals surface area contributed by atoms with Crippen molar-refractivity contribution in [2.75, 3.05) is 20.2 Å². The summed E-state index contributed by atoms with van der Waals surface area (Å²) < 4.78 is 5.43. The molecule has 0 amide bonds. The highest BCUT2D eigenvalue weighted by atomic mass is 16.5. The van der Waals surface area contributed by atoms with E-state index in [2.05, 4.69) is 35.2 Å². The minimum atomic E-state index is -0.552. The maximum absolute atomic E-state index is 10.9. The molecule has 27 heavy (non-hydrogen) atoms. The lowest BCUT2D eigenvalue weighted by Gasteiger charge is -2.40. The normalized spacial score (nSPS) is 30.1. The Morgan fingerprint density at radius 2 is 1.74 bits per heavy atom. The third-order valence-electron chi connectivity index (χ3n) is 7.11. The number of hydrogen-bond donors (Lipinski definition) is 1. The predicted octanol–water partition coefficient (Wildman–Crippen LogP) is 4.58. The number of likely N-dealkylation sites (tertiary alicyclic amines) is 1. The van der Waals surface area contributed by atoms with Gasteiger partial charge in [-0.2, -0.15) is 0 Å². The van der Waals surface area contributed by atoms with Gasteiger partial charge in [0.1, 0.15) is 0 Å². The van der Waals surface area contributed by atoms with Gasteiger partial charge in [0.05, 0.1) is 11.7 Å². The van der Waals surface area contributed by atoms with Crippen LogP contribution in [0.5, 0.6) is 0 Å². The third-order valence-corrected chi connectivity index (χ3v) is 7.11. The van der Waals surface area contributed by atoms with Gasteiger partial charge in [0, 0.05) is 32.7 Å². The minimum absolute atomic E-state index is 0.329. The van der Waals surface area contributed by atoms with E-state index in [1.54, 1.807) is 12.7 Å². The minimum Gasteiger partial charge on any atom is -0.390 e. The van der Waals surface area contributed by atoms with Crippen LogP contribution in [-0.4, -0.2) is 48.0 Å². The van der Waals surface area contributed by atoms with Crippen molar-refractivity contribution in [2.45, 2.75) is 82.0 Å². The van der Waals surface area contributed by atoms with Crippen molar-refractivity contribution in [1.29, 1.82) is 0 Å². The zero-order chi connectivity index (χ0) is 18.7. The van der Waals surface area contributed by atoms with E-state index in [0.717, 1.165) is 38.1 Å². The molecule has 1 N–H and O–H groups in total. The second kappa shape index (κ2) is 8.46. The van der Waals surface area contributed by atoms with Crippen LogP contribution in [-0.2, 0) is 11.2 Å². The Labute approximate surface area is 164 Å². The summed E-state index contributed by atoms with van der Waals surface area (Å²) in [6.07, 6.45) is 13.8. The van der Waals surface area contributed by atoms with Crippen molar-refractivity contribution in [3.63, 3.8) is 0 Å². The Hall–Kier alpha value is -1.16. The molecule has 3 heteroatoms. The van der Waals surface area contributed by atoms with Crippen molar-refractivity contribution in [2.24, 2.45) is 0 Å². The Balaban J connectivity index is 1.30. The topological polar surface area (TPSA) is 32.7 Å². The molecule has 1 heterocycles. The lowest BCUT2D eigenvalue weighted by molar-refractivity contribution is -0.0427. The first-order valence-electron chi connectivity index (χ1n) is 10.9. The molecule has 148 valence electrons. The fourth-order valence-electron chi connectivity index (χ4n) is 4.96. The maximum Gasteiger partial charge on any atom is 0.0689 e. The first-order chi connectivity index (χ1) is 13.1. The molecule has 3 fully saturated rings. The predicted molar refractivity (Wildman–Crippen MR) is 111 cm³/mol. The number of aliphatic hydroxyl groups is 1. The summed E-state index contributed by atoms with van der Waals surface area (Å²) >= 11 is 0. The van der Waals surface area contributed by atoms with E-state index in [0.29, 0.717) is 6.10 Å². The van der Waals surface area contributed by atoms with Crippen molar-refractivity contribution in [3.05, 3.63) is 41.0 Å². The van der Waals surface area contributed by atoms with Crippen LogP contribution in [0.3, 0.4) is 0 Å². The lowest BCUT2D eigenvalue weighted by Crippen LogP contribution is -2.43. The summed E-state index contributed by atoms with van der Waals surface area (Å²) in [5.74, 6) is 0. The van der Waals surface area contributed by atoms with Crippen molar-refractivity contribution < 1.29 is 9.84 Å². The number of rotatable bonds is 5. The summed E-state index contributed by atoms with van der Waals surface area (Å²) in [6, 6.07) is 9.75. The van der Waals surface area contributed by atoms with Gasteiger partial charge in [-0.3, -0.25) is 4.90 Å². The molecule has 1 aliphatic heterocycles. The van der Waals surface area contributed by atoms with Crippen LogP contribution >= 0.6 is 0 Å². The molecule has 0 unspecified atom stereocenters. The molecule has 0 spiro atoms. The van der Waals surface area contributed by atoms with Crippen LogP contribution in [0.25, 0.3) is 6.08 Å². The number of methoxy groups -OCH3 is 1. The second-order valence-corrected chi connectivity index (χ2v) is 9.00. The SMILES string of the molecule is COC1CCC(O)(Cc2ccc(C=C3CCN(C4CCC4)CC3)cc2)CC1. The molecule has 2 aliphatic carbocycles. The second-order valence-electron chi connectivity index (χ2n) is 9.00. The molecular weight excluding hydrogens is 334 g/mol. The van der Waals surface area contributed by atoms with Gasteiger partial charge < -0.3 is 9.84 Å². The maximum atomic E-state index is 10.9. The average Bonchev–Trinajstić information content (AvgIpc) is 2.64. The molecule has 0 atom stereocenters. The monoisotopic (exact) mass is 369 g/mol. The molecular formula is C24H35NO2. The molecule has 0 radical (unpaired) electrons. The van der Waals surface area contributed by atoms with Gasteiger partial charge in [-0.15, -0.1) is 0 Å². The molecule has 4 rings (SSSR count). The smallest absolute Gasteiger partial charge is 0.0689 e. The quantitative estimate of drug-likeness (QED) is 0.824. The van der Waals surface area contributed by atoms with E-state index in [9.17, 15) is 5.11 Å². The molecule has 1 saturated heterocycles. The standard InChI is InChI=1S/C24H35NO2/c1-27-23-9-13-24(26,14-10-23)18-21-7-5-19(6-8-21)17-20-11-15-25(16-12-20)22-3-2-4-22/h5-8,17,22-23,26H,2-4,9-16,18H2,1H3. The van der Waals surface area contributed by atoms with Gasteiger partial charge in [-0.1, -0.05) is 42.3 Å². The molecule has 2 saturated carbocycles. The Bertz CT molecular complexity index is 629. The van der Waals surface area contributed by atoms with Crippen LogP contribution in [0, 0.1) is 0 Å². The van der Waals surface area contributed by atoms with E-state index >= 15 is 0 Å². The van der Waals surface area contributed by atoms with Crippen LogP contribution < -0.4 is 0 Å². The fraction of sp³-hybridized carbons (Fsp3) is 0.667. The van der Waals surface area contributed by atoms with Crippen LogP contribution in [0.4, 0.5) is 0 Å². The highest BCUT2D eigenvalue weighted by Crippen LogP contribution is 2.33. The summed E-state index contributed by atoms with van der Waals surface area (Å²) in [7, 11) is 1.78. The van der Waals surface area contributed by atoms with Crippen LogP contribution in [0.2, 0.25) is 0 Å². The summed E-state index contributed by atoms with van der Waals surface area (Å²) in [6.45, 7) is 2.48. The van der Waals surface area contributed by atoms with Gasteiger partial charge in [-0.25, -0.2) is 0 Å². The summed E-state index contributed by atoms with van der Waals surface area (Å²) in [5, 5.41) is 10.9. The van der Waals surface area contributed by atoms with E-state index in [4.69, 9.17) is 4.74 Å². The summed E-state index contributed by atoms with van der Waals surface area (Å²) in [5.41, 5.74) is 3.59. The third kappa shape index (κ3) is 4.82. The zero-order valence-corrected chi connectivity index (χ0v) is 16.8. The van der Waals surface area contributed by atoms with Gasteiger partial charge >= 0.3 is 0 Å². The van der Waals surface area contributed by atoms with Crippen molar-refractivity contribution in [3.8, 4) is 0 Å². The van der Waals surface area contributed by atoms with Gasteiger partial charge in [-0.05, 0) is 62.5 Å². The van der Waals surface area contributed by atoms with Gasteiger partial charge in [0.15, 0.2) is 0 Å². The molecule has 1 aromatic carbocycles. The number of nitrogens with zero attached hydrogens (tertiary/aromatic N) is 1. The van der Waals surface area contributed by atoms with Gasteiger partial charge in [0.2, 0.25) is 0 Å². The largest absolute Gasteiger partial charge is 0.390 e. The average molecular weight is 370 g/mol. The number of piperidine rings is 1. The van der Waals surface area contributed by atoms with Crippen molar-refractivity contribution in [1.82, 2.24) is 4.90 Å². The van der Waals surface area contributed by atoms with Gasteiger partial charge in [0.25, 0.3) is 0 Å². The highest BCUT2D eigenvalue weighted by molar-refractivity contribution is 5.53. The molecule has 3 nitrogen and oxygen atoms in total. The van der Waals surface area contributed by atoms with E-state index in [-0.39, 0.29) is 0 Å². The first kappa shape index (κ1) is 19.2. The summed E-state index contributed by atoms with van der Waals surface area (Å²) in [4.78, 5) is 2.70. The number of hydrogen-bond acceptors (Lipinski definition) is 3. The van der Waals surface area contributed by atoms with Crippen LogP contribution in [0.15, 0.2) is 29.8 Å². The van der Waals surface area contributed by atoms with Crippen molar-refractivity contribution >= 4 is 6.08 Å². The Kier molecular flexibility index (Phi) is 6.01. The number of ether oxygens (including phenoxy) is 1. The lowest BCUT2D eigenvalue weighted by atomic mass is 9.79. The highest BCUT2D eigenvalue weighted by Gasteiger charge is 2.33. The Morgan fingerprint density at radius 3 is 2.30 bits per heavy atom. The Morgan fingerprint density at radius 1 is 1.07 bits per heavy atom. The zero-order valence-electron chi connectivity index (χ0n) is 16.8. The fourth-order valence-corrected chi connectivity index (χ4v) is 4.96. The number of benzene rings is 1. The first-order valence-corrected chi connectivity index (χ1v) is 10.9. The molecule has 0 aromatic heterocycles. The van der Waals surface area contributed by atoms with E-state index in [1.807, 2.05) is 0 Å². The molecule has 0 bridgehead atoms. The van der Waals surface area contributed by atoms with Crippen LogP contribution in [0.1, 0.15) is 68.9 Å². The van der Waals surface area contributed by atoms with E-state index in [1.165, 1.54) is 56.3 Å². The van der Waals surface area contributed by atoms with E-state index < -0.39 is 5.60 Å².